The van der Waals surface area contributed by atoms with Gasteiger partial charge in [-0.3, -0.25) is 9.63 Å². The highest BCUT2D eigenvalue weighted by Crippen LogP contribution is 2.30. The first-order chi connectivity index (χ1) is 8.96. The van der Waals surface area contributed by atoms with Gasteiger partial charge in [-0.2, -0.15) is 8.78 Å². The maximum absolute atomic E-state index is 13.3. The normalized spacial score (nSPS) is 14.7. The lowest BCUT2D eigenvalue weighted by Gasteiger charge is -2.17. The average Bonchev–Trinajstić information content (AvgIpc) is 2.65. The molecule has 5 nitrogen and oxygen atoms in total. The van der Waals surface area contributed by atoms with Crippen LogP contribution in [0.4, 0.5) is 8.78 Å². The smallest absolute Gasteiger partial charge is 0.399 e. The Kier molecular flexibility index (Phi) is 3.68. The van der Waals surface area contributed by atoms with Crippen molar-refractivity contribution in [2.45, 2.75) is 19.1 Å². The number of benzene rings is 1. The molecule has 1 aliphatic rings. The number of fused-ring (bicyclic) bond motifs is 1. The van der Waals surface area contributed by atoms with E-state index in [1.807, 2.05) is 0 Å². The van der Waals surface area contributed by atoms with Crippen LogP contribution >= 0.6 is 0 Å². The van der Waals surface area contributed by atoms with Crippen molar-refractivity contribution in [1.29, 1.82) is 0 Å². The fourth-order valence-corrected chi connectivity index (χ4v) is 1.87. The first-order valence-electron chi connectivity index (χ1n) is 5.72. The lowest BCUT2D eigenvalue weighted by Crippen LogP contribution is -2.27. The van der Waals surface area contributed by atoms with Gasteiger partial charge in [0.15, 0.2) is 0 Å². The molecule has 19 heavy (non-hydrogen) atoms. The minimum atomic E-state index is -3.31. The van der Waals surface area contributed by atoms with Crippen LogP contribution in [0, 0.1) is 0 Å². The molecule has 2 N–H and O–H groups in total. The van der Waals surface area contributed by atoms with E-state index in [1.165, 1.54) is 25.3 Å². The summed E-state index contributed by atoms with van der Waals surface area (Å²) in [7, 11) is 1.37. The summed E-state index contributed by atoms with van der Waals surface area (Å²) in [6.45, 7) is 0.0399. The first kappa shape index (κ1) is 13.7. The van der Waals surface area contributed by atoms with Crippen molar-refractivity contribution in [3.8, 4) is 5.75 Å². The topological polar surface area (TPSA) is 64.8 Å². The van der Waals surface area contributed by atoms with Crippen LogP contribution < -0.4 is 10.5 Å². The van der Waals surface area contributed by atoms with Gasteiger partial charge in [-0.05, 0) is 23.8 Å². The summed E-state index contributed by atoms with van der Waals surface area (Å²) >= 11 is 0. The second-order valence-electron chi connectivity index (χ2n) is 4.12. The molecule has 0 fully saturated rings. The Morgan fingerprint density at radius 2 is 2.21 bits per heavy atom. The van der Waals surface area contributed by atoms with Gasteiger partial charge in [-0.1, -0.05) is 0 Å². The molecule has 0 bridgehead atoms. The predicted octanol–water partition coefficient (Wildman–Crippen LogP) is 1.52. The molecule has 1 amide bonds. The minimum absolute atomic E-state index is 0.00273. The van der Waals surface area contributed by atoms with Gasteiger partial charge >= 0.3 is 6.11 Å². The van der Waals surface area contributed by atoms with E-state index in [9.17, 15) is 13.6 Å². The number of carbonyl (C=O) groups excluding carboxylic acids is 1. The molecular weight excluding hydrogens is 258 g/mol. The summed E-state index contributed by atoms with van der Waals surface area (Å²) in [6.07, 6.45) is -3.88. The Morgan fingerprint density at radius 3 is 2.84 bits per heavy atom. The lowest BCUT2D eigenvalue weighted by atomic mass is 10.1. The molecule has 0 aliphatic carbocycles. The first-order valence-corrected chi connectivity index (χ1v) is 5.72. The number of nitrogens with zero attached hydrogens (tertiary/aromatic N) is 1. The molecule has 104 valence electrons. The molecule has 0 unspecified atom stereocenters. The lowest BCUT2D eigenvalue weighted by molar-refractivity contribution is -0.178. The second kappa shape index (κ2) is 5.10. The molecule has 0 saturated carbocycles. The van der Waals surface area contributed by atoms with Crippen LogP contribution in [0.25, 0.3) is 0 Å². The van der Waals surface area contributed by atoms with Crippen LogP contribution in [0.5, 0.6) is 5.75 Å². The van der Waals surface area contributed by atoms with Crippen molar-refractivity contribution < 1.29 is 23.1 Å². The van der Waals surface area contributed by atoms with Crippen LogP contribution in [-0.2, 0) is 11.4 Å². The number of rotatable bonds is 5. The third kappa shape index (κ3) is 2.82. The number of hydrogen-bond acceptors (Lipinski definition) is 4. The van der Waals surface area contributed by atoms with Gasteiger partial charge in [-0.25, -0.2) is 5.06 Å². The highest BCUT2D eigenvalue weighted by atomic mass is 19.3. The number of amides is 1. The largest absolute Gasteiger partial charge is 0.433 e. The van der Waals surface area contributed by atoms with E-state index in [2.05, 4.69) is 4.74 Å². The highest BCUT2D eigenvalue weighted by molar-refractivity contribution is 5.97. The predicted molar refractivity (Wildman–Crippen MR) is 62.6 cm³/mol. The van der Waals surface area contributed by atoms with Gasteiger partial charge < -0.3 is 10.5 Å². The Morgan fingerprint density at radius 1 is 1.47 bits per heavy atom. The molecule has 1 aromatic rings. The van der Waals surface area contributed by atoms with Crippen molar-refractivity contribution >= 4 is 5.91 Å². The molecule has 0 atom stereocenters. The highest BCUT2D eigenvalue weighted by Gasteiger charge is 2.32. The SMILES string of the molecule is CON1Cc2cc(OC(F)(F)CCN)ccc2C1=O. The standard InChI is InChI=1S/C12H14F2N2O3/c1-18-16-7-8-6-9(2-3-10(8)11(16)17)19-12(13,14)4-5-15/h2-3,6H,4-5,7,15H2,1H3. The van der Waals surface area contributed by atoms with Crippen molar-refractivity contribution in [3.63, 3.8) is 0 Å². The molecule has 1 aromatic carbocycles. The Balaban J connectivity index is 2.18. The van der Waals surface area contributed by atoms with Gasteiger partial charge in [0, 0.05) is 12.1 Å². The summed E-state index contributed by atoms with van der Waals surface area (Å²) < 4.78 is 31.1. The van der Waals surface area contributed by atoms with Crippen molar-refractivity contribution in [1.82, 2.24) is 5.06 Å². The van der Waals surface area contributed by atoms with Crippen molar-refractivity contribution in [3.05, 3.63) is 29.3 Å². The zero-order chi connectivity index (χ0) is 14.0. The van der Waals surface area contributed by atoms with Gasteiger partial charge in [0.2, 0.25) is 0 Å². The van der Waals surface area contributed by atoms with E-state index in [1.54, 1.807) is 0 Å². The molecular formula is C12H14F2N2O3. The van der Waals surface area contributed by atoms with Crippen LogP contribution in [0.3, 0.4) is 0 Å². The zero-order valence-electron chi connectivity index (χ0n) is 10.4. The fraction of sp³-hybridized carbons (Fsp3) is 0.417. The number of hydrogen-bond donors (Lipinski definition) is 1. The van der Waals surface area contributed by atoms with Crippen LogP contribution in [0.2, 0.25) is 0 Å². The fourth-order valence-electron chi connectivity index (χ4n) is 1.87. The Bertz CT molecular complexity index is 494. The number of halogens is 2. The monoisotopic (exact) mass is 272 g/mol. The van der Waals surface area contributed by atoms with E-state index in [0.717, 1.165) is 5.06 Å². The summed E-state index contributed by atoms with van der Waals surface area (Å²) in [6, 6.07) is 4.20. The molecule has 2 rings (SSSR count). The van der Waals surface area contributed by atoms with Crippen LogP contribution in [0.15, 0.2) is 18.2 Å². The molecule has 1 heterocycles. The average molecular weight is 272 g/mol. The third-order valence-electron chi connectivity index (χ3n) is 2.77. The molecule has 1 aliphatic heterocycles. The van der Waals surface area contributed by atoms with E-state index >= 15 is 0 Å². The van der Waals surface area contributed by atoms with Crippen LogP contribution in [-0.4, -0.2) is 30.7 Å². The van der Waals surface area contributed by atoms with Gasteiger partial charge in [0.05, 0.1) is 20.1 Å². The number of ether oxygens (including phenoxy) is 1. The Hall–Kier alpha value is -1.73. The number of carbonyl (C=O) groups is 1. The third-order valence-corrected chi connectivity index (χ3v) is 2.77. The van der Waals surface area contributed by atoms with Crippen molar-refractivity contribution in [2.75, 3.05) is 13.7 Å². The molecule has 0 aromatic heterocycles. The van der Waals surface area contributed by atoms with Gasteiger partial charge in [-0.15, -0.1) is 0 Å². The van der Waals surface area contributed by atoms with Crippen LogP contribution in [0.1, 0.15) is 22.3 Å². The molecule has 7 heteroatoms. The summed E-state index contributed by atoms with van der Waals surface area (Å²) in [4.78, 5) is 16.6. The van der Waals surface area contributed by atoms with E-state index in [0.29, 0.717) is 11.1 Å². The summed E-state index contributed by atoms with van der Waals surface area (Å²) in [5.74, 6) is -0.291. The number of hydroxylamine groups is 2. The van der Waals surface area contributed by atoms with E-state index < -0.39 is 12.5 Å². The maximum atomic E-state index is 13.3. The second-order valence-corrected chi connectivity index (χ2v) is 4.12. The van der Waals surface area contributed by atoms with E-state index in [4.69, 9.17) is 10.6 Å². The maximum Gasteiger partial charge on any atom is 0.399 e. The summed E-state index contributed by atoms with van der Waals surface area (Å²) in [5, 5.41) is 1.15. The summed E-state index contributed by atoms with van der Waals surface area (Å²) in [5.41, 5.74) is 6.10. The Labute approximate surface area is 108 Å². The minimum Gasteiger partial charge on any atom is -0.433 e. The molecule has 0 radical (unpaired) electrons. The zero-order valence-corrected chi connectivity index (χ0v) is 10.4. The quantitative estimate of drug-likeness (QED) is 0.882. The van der Waals surface area contributed by atoms with Crippen molar-refractivity contribution in [2.24, 2.45) is 5.73 Å². The number of nitrogens with two attached hydrogens (primary N) is 1. The van der Waals surface area contributed by atoms with Gasteiger partial charge in [0.25, 0.3) is 5.91 Å². The number of alkyl halides is 2. The molecule has 0 spiro atoms. The molecule has 0 saturated heterocycles. The van der Waals surface area contributed by atoms with Gasteiger partial charge in [0.1, 0.15) is 5.75 Å². The van der Waals surface area contributed by atoms with E-state index in [-0.39, 0.29) is 24.7 Å².